The molecule has 0 saturated carbocycles. The van der Waals surface area contributed by atoms with Gasteiger partial charge >= 0.3 is 5.69 Å². The van der Waals surface area contributed by atoms with Gasteiger partial charge in [-0.25, -0.2) is 0 Å². The summed E-state index contributed by atoms with van der Waals surface area (Å²) in [5, 5.41) is 15.9. The second kappa shape index (κ2) is 5.23. The van der Waals surface area contributed by atoms with Gasteiger partial charge in [0, 0.05) is 13.0 Å². The summed E-state index contributed by atoms with van der Waals surface area (Å²) < 4.78 is 0. The Balaban J connectivity index is 2.22. The lowest BCUT2D eigenvalue weighted by Gasteiger charge is -2.10. The molecule has 1 aliphatic rings. The van der Waals surface area contributed by atoms with Crippen molar-refractivity contribution in [3.05, 3.63) is 38.9 Å². The van der Waals surface area contributed by atoms with Gasteiger partial charge in [-0.1, -0.05) is 17.7 Å². The van der Waals surface area contributed by atoms with Crippen LogP contribution in [0.4, 0.5) is 5.69 Å². The van der Waals surface area contributed by atoms with Crippen molar-refractivity contribution in [1.82, 2.24) is 10.6 Å². The van der Waals surface area contributed by atoms with Crippen molar-refractivity contribution in [2.24, 2.45) is 0 Å². The molecule has 0 aromatic heterocycles. The van der Waals surface area contributed by atoms with Crippen LogP contribution in [0.25, 0.3) is 0 Å². The molecule has 1 saturated heterocycles. The largest absolute Gasteiger partial charge is 0.354 e. The van der Waals surface area contributed by atoms with E-state index >= 15 is 0 Å². The zero-order valence-corrected chi connectivity index (χ0v) is 10.4. The molecule has 2 amide bonds. The van der Waals surface area contributed by atoms with Gasteiger partial charge < -0.3 is 10.6 Å². The molecule has 1 unspecified atom stereocenters. The fourth-order valence-electron chi connectivity index (χ4n) is 1.85. The summed E-state index contributed by atoms with van der Waals surface area (Å²) in [6.07, 6.45) is 0.167. The van der Waals surface area contributed by atoms with Crippen LogP contribution < -0.4 is 10.6 Å². The molecule has 2 N–H and O–H groups in total. The summed E-state index contributed by atoms with van der Waals surface area (Å²) in [6, 6.07) is 3.77. The standard InChI is InChI=1S/C11H10ClN3O4/c12-8-3-1-2-7(10(8)15(18)19)11(17)14-6-4-9(16)13-5-6/h1-3,6H,4-5H2,(H,13,16)(H,14,17). The predicted molar refractivity (Wildman–Crippen MR) is 67.0 cm³/mol. The third-order valence-corrected chi connectivity index (χ3v) is 3.03. The van der Waals surface area contributed by atoms with Crippen molar-refractivity contribution in [1.29, 1.82) is 0 Å². The maximum Gasteiger partial charge on any atom is 0.300 e. The Hall–Kier alpha value is -2.15. The van der Waals surface area contributed by atoms with Gasteiger partial charge in [0.15, 0.2) is 0 Å². The first-order valence-electron chi connectivity index (χ1n) is 5.49. The first-order valence-corrected chi connectivity index (χ1v) is 5.87. The molecule has 8 heteroatoms. The van der Waals surface area contributed by atoms with E-state index < -0.39 is 16.5 Å². The van der Waals surface area contributed by atoms with Crippen LogP contribution in [0.15, 0.2) is 18.2 Å². The molecule has 0 radical (unpaired) electrons. The maximum atomic E-state index is 12.0. The fourth-order valence-corrected chi connectivity index (χ4v) is 2.10. The molecular weight excluding hydrogens is 274 g/mol. The third-order valence-electron chi connectivity index (χ3n) is 2.73. The highest BCUT2D eigenvalue weighted by Gasteiger charge is 2.28. The van der Waals surface area contributed by atoms with Gasteiger partial charge in [0.1, 0.15) is 10.6 Å². The topological polar surface area (TPSA) is 101 Å². The molecule has 19 heavy (non-hydrogen) atoms. The van der Waals surface area contributed by atoms with Crippen LogP contribution >= 0.6 is 11.6 Å². The SMILES string of the molecule is O=C1CC(NC(=O)c2cccc(Cl)c2[N+](=O)[O-])CN1. The van der Waals surface area contributed by atoms with Crippen LogP contribution in [-0.2, 0) is 4.79 Å². The van der Waals surface area contributed by atoms with Gasteiger partial charge in [-0.05, 0) is 12.1 Å². The molecule has 1 heterocycles. The number of carbonyl (C=O) groups is 2. The number of hydrogen-bond donors (Lipinski definition) is 2. The van der Waals surface area contributed by atoms with E-state index in [4.69, 9.17) is 11.6 Å². The molecule has 1 aromatic rings. The highest BCUT2D eigenvalue weighted by molar-refractivity contribution is 6.33. The number of halogens is 1. The first kappa shape index (κ1) is 13.3. The second-order valence-corrected chi connectivity index (χ2v) is 4.48. The van der Waals surface area contributed by atoms with Gasteiger partial charge in [-0.3, -0.25) is 19.7 Å². The number of benzene rings is 1. The first-order chi connectivity index (χ1) is 8.99. The molecule has 0 aliphatic carbocycles. The molecule has 7 nitrogen and oxygen atoms in total. The van der Waals surface area contributed by atoms with Gasteiger partial charge in [0.2, 0.25) is 5.91 Å². The van der Waals surface area contributed by atoms with E-state index in [9.17, 15) is 19.7 Å². The minimum absolute atomic E-state index is 0.0988. The summed E-state index contributed by atoms with van der Waals surface area (Å²) in [5.41, 5.74) is -0.546. The van der Waals surface area contributed by atoms with Crippen LogP contribution in [0.5, 0.6) is 0 Å². The normalized spacial score (nSPS) is 17.9. The van der Waals surface area contributed by atoms with Crippen molar-refractivity contribution in [3.8, 4) is 0 Å². The summed E-state index contributed by atoms with van der Waals surface area (Å²) in [7, 11) is 0. The minimum Gasteiger partial charge on any atom is -0.354 e. The minimum atomic E-state index is -0.699. The summed E-state index contributed by atoms with van der Waals surface area (Å²) in [5.74, 6) is -0.776. The number of hydrogen-bond acceptors (Lipinski definition) is 4. The van der Waals surface area contributed by atoms with Crippen molar-refractivity contribution < 1.29 is 14.5 Å². The summed E-state index contributed by atoms with van der Waals surface area (Å²) in [6.45, 7) is 0.318. The summed E-state index contributed by atoms with van der Waals surface area (Å²) in [4.78, 5) is 33.2. The molecule has 100 valence electrons. The van der Waals surface area contributed by atoms with E-state index in [0.29, 0.717) is 6.54 Å². The monoisotopic (exact) mass is 283 g/mol. The number of amides is 2. The third kappa shape index (κ3) is 2.82. The van der Waals surface area contributed by atoms with E-state index in [1.807, 2.05) is 0 Å². The number of rotatable bonds is 3. The number of nitro groups is 1. The molecule has 1 fully saturated rings. The molecule has 0 bridgehead atoms. The van der Waals surface area contributed by atoms with Gasteiger partial charge in [-0.15, -0.1) is 0 Å². The number of carbonyl (C=O) groups excluding carboxylic acids is 2. The molecule has 1 aromatic carbocycles. The van der Waals surface area contributed by atoms with Gasteiger partial charge in [0.25, 0.3) is 5.91 Å². The van der Waals surface area contributed by atoms with Crippen molar-refractivity contribution >= 4 is 29.1 Å². The van der Waals surface area contributed by atoms with Crippen molar-refractivity contribution in [2.75, 3.05) is 6.54 Å². The number of nitro benzene ring substituents is 1. The Kier molecular flexibility index (Phi) is 3.66. The molecule has 1 aliphatic heterocycles. The van der Waals surface area contributed by atoms with E-state index in [-0.39, 0.29) is 29.0 Å². The van der Waals surface area contributed by atoms with E-state index in [2.05, 4.69) is 10.6 Å². The number of nitrogens with zero attached hydrogens (tertiary/aromatic N) is 1. The maximum absolute atomic E-state index is 12.0. The predicted octanol–water partition coefficient (Wildman–Crippen LogP) is 0.866. The molecule has 1 atom stereocenters. The van der Waals surface area contributed by atoms with Crippen LogP contribution in [0.3, 0.4) is 0 Å². The highest BCUT2D eigenvalue weighted by Crippen LogP contribution is 2.28. The van der Waals surface area contributed by atoms with E-state index in [1.165, 1.54) is 18.2 Å². The summed E-state index contributed by atoms with van der Waals surface area (Å²) >= 11 is 5.72. The fraction of sp³-hybridized carbons (Fsp3) is 0.273. The average Bonchev–Trinajstić information content (AvgIpc) is 2.73. The lowest BCUT2D eigenvalue weighted by Crippen LogP contribution is -2.36. The van der Waals surface area contributed by atoms with Crippen LogP contribution in [0, 0.1) is 10.1 Å². The van der Waals surface area contributed by atoms with Crippen molar-refractivity contribution in [3.63, 3.8) is 0 Å². The lowest BCUT2D eigenvalue weighted by atomic mass is 10.1. The Morgan fingerprint density at radius 3 is 2.84 bits per heavy atom. The van der Waals surface area contributed by atoms with Crippen LogP contribution in [0.2, 0.25) is 5.02 Å². The molecule has 2 rings (SSSR count). The zero-order valence-electron chi connectivity index (χ0n) is 9.68. The Morgan fingerprint density at radius 1 is 1.53 bits per heavy atom. The molecular formula is C11H10ClN3O4. The number of para-hydroxylation sites is 1. The van der Waals surface area contributed by atoms with E-state index in [1.54, 1.807) is 0 Å². The number of nitrogens with one attached hydrogen (secondary N) is 2. The Labute approximate surface area is 113 Å². The van der Waals surface area contributed by atoms with Gasteiger partial charge in [-0.2, -0.15) is 0 Å². The highest BCUT2D eigenvalue weighted by atomic mass is 35.5. The van der Waals surface area contributed by atoms with Crippen molar-refractivity contribution in [2.45, 2.75) is 12.5 Å². The zero-order chi connectivity index (χ0) is 14.0. The Bertz CT molecular complexity index is 561. The van der Waals surface area contributed by atoms with Crippen LogP contribution in [0.1, 0.15) is 16.8 Å². The average molecular weight is 284 g/mol. The lowest BCUT2D eigenvalue weighted by molar-refractivity contribution is -0.385. The van der Waals surface area contributed by atoms with Gasteiger partial charge in [0.05, 0.1) is 11.0 Å². The van der Waals surface area contributed by atoms with E-state index in [0.717, 1.165) is 0 Å². The second-order valence-electron chi connectivity index (χ2n) is 4.07. The van der Waals surface area contributed by atoms with Crippen LogP contribution in [-0.4, -0.2) is 29.3 Å². The smallest absolute Gasteiger partial charge is 0.300 e. The molecule has 0 spiro atoms. The quantitative estimate of drug-likeness (QED) is 0.634. The Morgan fingerprint density at radius 2 is 2.26 bits per heavy atom.